The second-order valence-electron chi connectivity index (χ2n) is 18.3. The van der Waals surface area contributed by atoms with Crippen molar-refractivity contribution in [2.75, 3.05) is 0 Å². The third kappa shape index (κ3) is 5.96. The summed E-state index contributed by atoms with van der Waals surface area (Å²) in [5.74, 6) is 0.317. The molecule has 0 amide bonds. The zero-order chi connectivity index (χ0) is 43.1. The van der Waals surface area contributed by atoms with Gasteiger partial charge < -0.3 is 4.57 Å². The van der Waals surface area contributed by atoms with Gasteiger partial charge in [-0.25, -0.2) is 0 Å². The minimum atomic E-state index is -0.0621. The quantitative estimate of drug-likeness (QED) is 0.144. The van der Waals surface area contributed by atoms with Gasteiger partial charge in [-0.1, -0.05) is 166 Å². The van der Waals surface area contributed by atoms with E-state index in [0.717, 1.165) is 12.8 Å². The van der Waals surface area contributed by atoms with Gasteiger partial charge >= 0.3 is 0 Å². The van der Waals surface area contributed by atoms with Gasteiger partial charge in [0.1, 0.15) is 0 Å². The molecule has 1 nitrogen and oxygen atoms in total. The van der Waals surface area contributed by atoms with E-state index in [4.69, 9.17) is 0 Å². The molecule has 11 aromatic rings. The standard InChI is InChI=1S/C62H49NS/c1-5-40(43-36-52(61-53(37-43)48-25-13-16-32-58(48)64-61)42-33-34-47-46-24-11-14-29-54(46)62(3,4)55(47)38-42)35-41-20-9-10-23-45(41)59-39(2)19-17-27-49(59)50-28-18-31-57-60(50)51-26-12-15-30-56(51)63(57)44-21-7-6-8-22-44/h6-34,36-38,40H,5,35H2,1-4H3. The fourth-order valence-corrected chi connectivity index (χ4v) is 12.4. The number of rotatable bonds is 8. The normalized spacial score (nSPS) is 13.5. The molecular formula is C62H49NS. The van der Waals surface area contributed by atoms with E-state index in [2.05, 4.69) is 226 Å². The Balaban J connectivity index is 1.00. The minimum absolute atomic E-state index is 0.0621. The van der Waals surface area contributed by atoms with Crippen LogP contribution in [0, 0.1) is 6.92 Å². The first-order valence-electron chi connectivity index (χ1n) is 22.8. The molecule has 2 heteroatoms. The van der Waals surface area contributed by atoms with E-state index < -0.39 is 0 Å². The smallest absolute Gasteiger partial charge is 0.0547 e. The lowest BCUT2D eigenvalue weighted by Gasteiger charge is -2.23. The van der Waals surface area contributed by atoms with Gasteiger partial charge in [0.15, 0.2) is 0 Å². The monoisotopic (exact) mass is 839 g/mol. The summed E-state index contributed by atoms with van der Waals surface area (Å²) in [6.45, 7) is 9.44. The van der Waals surface area contributed by atoms with E-state index in [1.807, 2.05) is 11.3 Å². The highest BCUT2D eigenvalue weighted by Gasteiger charge is 2.35. The van der Waals surface area contributed by atoms with E-state index in [-0.39, 0.29) is 5.41 Å². The maximum Gasteiger partial charge on any atom is 0.0547 e. The molecule has 2 aromatic heterocycles. The van der Waals surface area contributed by atoms with Crippen LogP contribution < -0.4 is 0 Å². The number of hydrogen-bond acceptors (Lipinski definition) is 1. The van der Waals surface area contributed by atoms with Crippen molar-refractivity contribution in [2.24, 2.45) is 0 Å². The second-order valence-corrected chi connectivity index (χ2v) is 19.4. The van der Waals surface area contributed by atoms with Crippen LogP contribution in [0.4, 0.5) is 0 Å². The van der Waals surface area contributed by atoms with Crippen LogP contribution in [0.3, 0.4) is 0 Å². The van der Waals surface area contributed by atoms with Gasteiger partial charge in [-0.3, -0.25) is 0 Å². The summed E-state index contributed by atoms with van der Waals surface area (Å²) in [5, 5.41) is 5.28. The maximum absolute atomic E-state index is 2.55. The zero-order valence-corrected chi connectivity index (χ0v) is 37.6. The Morgan fingerprint density at radius 2 is 1.19 bits per heavy atom. The third-order valence-electron chi connectivity index (χ3n) is 14.4. The van der Waals surface area contributed by atoms with Gasteiger partial charge in [0, 0.05) is 42.0 Å². The number of nitrogens with zero attached hydrogens (tertiary/aromatic N) is 1. The molecule has 1 unspecified atom stereocenters. The Bertz CT molecular complexity index is 3620. The van der Waals surface area contributed by atoms with Crippen LogP contribution in [0.15, 0.2) is 194 Å². The van der Waals surface area contributed by atoms with Crippen LogP contribution in [-0.4, -0.2) is 4.57 Å². The van der Waals surface area contributed by atoms with E-state index >= 15 is 0 Å². The van der Waals surface area contributed by atoms with Crippen molar-refractivity contribution in [3.05, 3.63) is 222 Å². The predicted octanol–water partition coefficient (Wildman–Crippen LogP) is 17.5. The van der Waals surface area contributed by atoms with Crippen LogP contribution >= 0.6 is 11.3 Å². The van der Waals surface area contributed by atoms with Crippen LogP contribution in [0.2, 0.25) is 0 Å². The summed E-state index contributed by atoms with van der Waals surface area (Å²) < 4.78 is 5.14. The molecule has 0 N–H and O–H groups in total. The molecule has 1 atom stereocenters. The Kier molecular flexibility index (Phi) is 9.11. The van der Waals surface area contributed by atoms with Gasteiger partial charge in [0.25, 0.3) is 0 Å². The molecule has 0 saturated heterocycles. The Morgan fingerprint density at radius 1 is 0.516 bits per heavy atom. The molecule has 1 aliphatic rings. The first-order chi connectivity index (χ1) is 31.4. The highest BCUT2D eigenvalue weighted by molar-refractivity contribution is 7.26. The van der Waals surface area contributed by atoms with E-state index in [9.17, 15) is 0 Å². The molecule has 9 aromatic carbocycles. The molecule has 12 rings (SSSR count). The number of aryl methyl sites for hydroxylation is 1. The summed E-state index contributed by atoms with van der Waals surface area (Å²) >= 11 is 1.94. The molecule has 2 heterocycles. The fraction of sp³-hybridized carbons (Fsp3) is 0.129. The zero-order valence-electron chi connectivity index (χ0n) is 36.8. The van der Waals surface area contributed by atoms with Crippen molar-refractivity contribution in [1.29, 1.82) is 0 Å². The van der Waals surface area contributed by atoms with Crippen LogP contribution in [0.1, 0.15) is 60.9 Å². The Hall–Kier alpha value is -7.00. The molecule has 0 aliphatic heterocycles. The predicted molar refractivity (Wildman–Crippen MR) is 275 cm³/mol. The lowest BCUT2D eigenvalue weighted by atomic mass is 9.81. The van der Waals surface area contributed by atoms with Crippen molar-refractivity contribution < 1.29 is 0 Å². The summed E-state index contributed by atoms with van der Waals surface area (Å²) in [5.41, 5.74) is 21.0. The average Bonchev–Trinajstić information content (AvgIpc) is 3.96. The summed E-state index contributed by atoms with van der Waals surface area (Å²) in [6, 6.07) is 72.9. The van der Waals surface area contributed by atoms with E-state index in [0.29, 0.717) is 5.92 Å². The average molecular weight is 840 g/mol. The molecule has 0 bridgehead atoms. The minimum Gasteiger partial charge on any atom is -0.309 e. The highest BCUT2D eigenvalue weighted by Crippen LogP contribution is 2.51. The number of fused-ring (bicyclic) bond motifs is 9. The molecule has 0 fully saturated rings. The van der Waals surface area contributed by atoms with Crippen molar-refractivity contribution in [2.45, 2.75) is 51.9 Å². The fourth-order valence-electron chi connectivity index (χ4n) is 11.2. The van der Waals surface area contributed by atoms with Crippen molar-refractivity contribution in [1.82, 2.24) is 4.57 Å². The molecular weight excluding hydrogens is 791 g/mol. The van der Waals surface area contributed by atoms with Crippen molar-refractivity contribution in [3.63, 3.8) is 0 Å². The molecule has 64 heavy (non-hydrogen) atoms. The van der Waals surface area contributed by atoms with E-state index in [1.54, 1.807) is 0 Å². The van der Waals surface area contributed by atoms with Crippen LogP contribution in [-0.2, 0) is 11.8 Å². The number of thiophene rings is 1. The lowest BCUT2D eigenvalue weighted by molar-refractivity contribution is 0.660. The molecule has 0 spiro atoms. The summed E-state index contributed by atoms with van der Waals surface area (Å²) in [4.78, 5) is 0. The highest BCUT2D eigenvalue weighted by atomic mass is 32.1. The first kappa shape index (κ1) is 38.7. The number of aromatic nitrogens is 1. The van der Waals surface area contributed by atoms with Crippen LogP contribution in [0.25, 0.3) is 92.2 Å². The molecule has 1 aliphatic carbocycles. The Labute approximate surface area is 379 Å². The first-order valence-corrected chi connectivity index (χ1v) is 23.7. The maximum atomic E-state index is 2.55. The lowest BCUT2D eigenvalue weighted by Crippen LogP contribution is -2.14. The van der Waals surface area contributed by atoms with Gasteiger partial charge in [0.2, 0.25) is 0 Å². The number of hydrogen-bond donors (Lipinski definition) is 0. The van der Waals surface area contributed by atoms with Gasteiger partial charge in [-0.05, 0) is 147 Å². The van der Waals surface area contributed by atoms with Gasteiger partial charge in [0.05, 0.1) is 11.0 Å². The van der Waals surface area contributed by atoms with Crippen molar-refractivity contribution >= 4 is 53.3 Å². The van der Waals surface area contributed by atoms with Gasteiger partial charge in [-0.15, -0.1) is 11.3 Å². The van der Waals surface area contributed by atoms with Crippen LogP contribution in [0.5, 0.6) is 0 Å². The van der Waals surface area contributed by atoms with Gasteiger partial charge in [-0.2, -0.15) is 0 Å². The third-order valence-corrected chi connectivity index (χ3v) is 15.6. The second kappa shape index (κ2) is 15.1. The number of benzene rings is 9. The SMILES string of the molecule is CCC(Cc1ccccc1-c1c(C)cccc1-c1cccc2c1c1ccccc1n2-c1ccccc1)c1cc(-c2ccc3c(c2)C(C)(C)c2ccccc2-3)c2sc3ccccc3c2c1. The van der Waals surface area contributed by atoms with E-state index in [1.165, 1.54) is 120 Å². The number of para-hydroxylation sites is 2. The summed E-state index contributed by atoms with van der Waals surface area (Å²) in [7, 11) is 0. The largest absolute Gasteiger partial charge is 0.309 e. The molecule has 0 saturated carbocycles. The Morgan fingerprint density at radius 3 is 2.05 bits per heavy atom. The molecule has 0 radical (unpaired) electrons. The summed E-state index contributed by atoms with van der Waals surface area (Å²) in [6.07, 6.45) is 1.98. The van der Waals surface area contributed by atoms with Crippen molar-refractivity contribution in [3.8, 4) is 50.2 Å². The molecule has 308 valence electrons. The topological polar surface area (TPSA) is 4.93 Å².